The van der Waals surface area contributed by atoms with E-state index in [9.17, 15) is 0 Å². The number of hydrogen-bond acceptors (Lipinski definition) is 5. The van der Waals surface area contributed by atoms with Gasteiger partial charge in [0.25, 0.3) is 0 Å². The minimum absolute atomic E-state index is 0.866. The summed E-state index contributed by atoms with van der Waals surface area (Å²) in [4.78, 5) is 10.2. The highest BCUT2D eigenvalue weighted by atomic mass is 32.1. The fourth-order valence-electron chi connectivity index (χ4n) is 9.90. The van der Waals surface area contributed by atoms with Gasteiger partial charge in [0, 0.05) is 61.2 Å². The number of anilines is 6. The average Bonchev–Trinajstić information content (AvgIpc) is 4.03. The number of furan rings is 1. The highest BCUT2D eigenvalue weighted by molar-refractivity contribution is 7.22. The van der Waals surface area contributed by atoms with Crippen molar-refractivity contribution in [2.75, 3.05) is 9.80 Å². The second kappa shape index (κ2) is 16.6. The zero-order valence-electron chi connectivity index (χ0n) is 36.8. The summed E-state index contributed by atoms with van der Waals surface area (Å²) in [5.41, 5.74) is 15.0. The second-order valence-electron chi connectivity index (χ2n) is 17.1. The molecule has 0 bridgehead atoms. The number of rotatable bonds is 9. The number of thiazole rings is 1. The molecule has 0 spiro atoms. The molecule has 5 heteroatoms. The van der Waals surface area contributed by atoms with Crippen LogP contribution in [0.25, 0.3) is 86.5 Å². The molecule has 2 aromatic heterocycles. The van der Waals surface area contributed by atoms with E-state index in [-0.39, 0.29) is 0 Å². The topological polar surface area (TPSA) is 32.5 Å². The van der Waals surface area contributed by atoms with Crippen LogP contribution in [0.3, 0.4) is 0 Å². The zero-order chi connectivity index (χ0) is 45.0. The van der Waals surface area contributed by atoms with E-state index >= 15 is 0 Å². The maximum absolute atomic E-state index is 6.31. The lowest BCUT2D eigenvalue weighted by atomic mass is 9.94. The minimum Gasteiger partial charge on any atom is -0.456 e. The molecule has 2 heterocycles. The van der Waals surface area contributed by atoms with Crippen molar-refractivity contribution in [2.24, 2.45) is 0 Å². The van der Waals surface area contributed by atoms with Gasteiger partial charge in [0.1, 0.15) is 16.2 Å². The molecule has 0 atom stereocenters. The van der Waals surface area contributed by atoms with Crippen LogP contribution in [0.5, 0.6) is 0 Å². The number of fused-ring (bicyclic) bond motifs is 9. The largest absolute Gasteiger partial charge is 0.456 e. The summed E-state index contributed by atoms with van der Waals surface area (Å²) in [5.74, 6) is 0. The molecule has 0 N–H and O–H groups in total. The van der Waals surface area contributed by atoms with E-state index < -0.39 is 0 Å². The Balaban J connectivity index is 0.944. The summed E-state index contributed by atoms with van der Waals surface area (Å²) in [5, 5.41) is 7.88. The Morgan fingerprint density at radius 3 is 1.51 bits per heavy atom. The molecule has 0 aliphatic carbocycles. The van der Waals surface area contributed by atoms with Gasteiger partial charge in [0.2, 0.25) is 0 Å². The molecule has 11 aromatic carbocycles. The summed E-state index contributed by atoms with van der Waals surface area (Å²) < 4.78 is 7.49. The smallest absolute Gasteiger partial charge is 0.135 e. The van der Waals surface area contributed by atoms with Crippen molar-refractivity contribution in [1.82, 2.24) is 4.98 Å². The quantitative estimate of drug-likeness (QED) is 0.135. The van der Waals surface area contributed by atoms with E-state index in [0.717, 1.165) is 83.1 Å². The van der Waals surface area contributed by atoms with Gasteiger partial charge in [-0.3, -0.25) is 0 Å². The maximum atomic E-state index is 6.31. The first-order chi connectivity index (χ1) is 33.7. The first-order valence-electron chi connectivity index (χ1n) is 22.9. The predicted molar refractivity (Wildman–Crippen MR) is 288 cm³/mol. The van der Waals surface area contributed by atoms with Gasteiger partial charge in [0.15, 0.2) is 0 Å². The van der Waals surface area contributed by atoms with Gasteiger partial charge in [-0.2, -0.15) is 0 Å². The van der Waals surface area contributed by atoms with E-state index in [0.29, 0.717) is 0 Å². The van der Waals surface area contributed by atoms with Crippen LogP contribution in [0.2, 0.25) is 0 Å². The van der Waals surface area contributed by atoms with Crippen molar-refractivity contribution >= 4 is 99.2 Å². The van der Waals surface area contributed by atoms with Crippen molar-refractivity contribution in [2.45, 2.75) is 0 Å². The van der Waals surface area contributed by atoms with Crippen LogP contribution in [-0.2, 0) is 0 Å². The van der Waals surface area contributed by atoms with Crippen LogP contribution in [0.4, 0.5) is 34.1 Å². The van der Waals surface area contributed by atoms with Crippen molar-refractivity contribution in [3.8, 4) is 32.8 Å². The van der Waals surface area contributed by atoms with Crippen molar-refractivity contribution < 1.29 is 4.42 Å². The summed E-state index contributed by atoms with van der Waals surface area (Å²) in [6, 6.07) is 88.7. The lowest BCUT2D eigenvalue weighted by Crippen LogP contribution is -2.10. The third kappa shape index (κ3) is 6.88. The van der Waals surface area contributed by atoms with Gasteiger partial charge in [-0.15, -0.1) is 11.3 Å². The zero-order valence-corrected chi connectivity index (χ0v) is 37.6. The molecule has 13 aromatic rings. The molecular formula is C63H41N3OS. The average molecular weight is 888 g/mol. The monoisotopic (exact) mass is 887 g/mol. The van der Waals surface area contributed by atoms with E-state index in [1.807, 2.05) is 12.1 Å². The SMILES string of the molecule is c1ccc(-c2ccccc2-c2ccc(N(c3cccc(-c4nc5c6ccccc6c6cc(N(c7ccccc7)c7ccccc7)ccc6c5s4)c3)c3ccc4oc5ccccc5c4c3)cc2)cc1. The first kappa shape index (κ1) is 39.6. The van der Waals surface area contributed by atoms with Crippen molar-refractivity contribution in [3.63, 3.8) is 0 Å². The maximum Gasteiger partial charge on any atom is 0.135 e. The molecule has 13 rings (SSSR count). The first-order valence-corrected chi connectivity index (χ1v) is 23.8. The minimum atomic E-state index is 0.866. The molecular weight excluding hydrogens is 847 g/mol. The fourth-order valence-corrected chi connectivity index (χ4v) is 11.0. The summed E-state index contributed by atoms with van der Waals surface area (Å²) in [6.07, 6.45) is 0. The van der Waals surface area contributed by atoms with Crippen LogP contribution in [0, 0.1) is 0 Å². The molecule has 0 unspecified atom stereocenters. The molecule has 0 saturated carbocycles. The molecule has 0 fully saturated rings. The number of benzene rings is 11. The molecule has 320 valence electrons. The Hall–Kier alpha value is -8.77. The molecule has 0 aliphatic rings. The van der Waals surface area contributed by atoms with Gasteiger partial charge < -0.3 is 14.2 Å². The van der Waals surface area contributed by atoms with Crippen LogP contribution >= 0.6 is 11.3 Å². The normalized spacial score (nSPS) is 11.5. The molecule has 68 heavy (non-hydrogen) atoms. The lowest BCUT2D eigenvalue weighted by molar-refractivity contribution is 0.669. The second-order valence-corrected chi connectivity index (χ2v) is 18.1. The van der Waals surface area contributed by atoms with Crippen LogP contribution in [0.1, 0.15) is 0 Å². The predicted octanol–water partition coefficient (Wildman–Crippen LogP) is 18.4. The Morgan fingerprint density at radius 1 is 0.309 bits per heavy atom. The van der Waals surface area contributed by atoms with Crippen LogP contribution in [-0.4, -0.2) is 4.98 Å². The molecule has 0 aliphatic heterocycles. The van der Waals surface area contributed by atoms with Gasteiger partial charge in [0.05, 0.1) is 10.2 Å². The Kier molecular flexibility index (Phi) is 9.66. The van der Waals surface area contributed by atoms with E-state index in [4.69, 9.17) is 9.40 Å². The van der Waals surface area contributed by atoms with Gasteiger partial charge >= 0.3 is 0 Å². The Morgan fingerprint density at radius 2 is 0.794 bits per heavy atom. The highest BCUT2D eigenvalue weighted by Gasteiger charge is 2.21. The Labute approximate surface area is 397 Å². The van der Waals surface area contributed by atoms with Crippen molar-refractivity contribution in [3.05, 3.63) is 249 Å². The third-order valence-corrected chi connectivity index (χ3v) is 14.2. The van der Waals surface area contributed by atoms with E-state index in [2.05, 4.69) is 246 Å². The van der Waals surface area contributed by atoms with Crippen LogP contribution in [0.15, 0.2) is 253 Å². The van der Waals surface area contributed by atoms with Crippen LogP contribution < -0.4 is 9.80 Å². The summed E-state index contributed by atoms with van der Waals surface area (Å²) in [7, 11) is 0. The molecule has 0 amide bonds. The van der Waals surface area contributed by atoms with Gasteiger partial charge in [-0.25, -0.2) is 4.98 Å². The van der Waals surface area contributed by atoms with Gasteiger partial charge in [-0.1, -0.05) is 164 Å². The highest BCUT2D eigenvalue weighted by Crippen LogP contribution is 2.46. The number of aromatic nitrogens is 1. The van der Waals surface area contributed by atoms with E-state index in [1.54, 1.807) is 11.3 Å². The number of para-hydroxylation sites is 3. The standard InChI is InChI=1S/C63H41N3OS/c1-4-17-42(18-5-1)51-25-10-11-26-52(51)43-31-33-47(34-32-43)66(50-36-38-60-58(41-50)54-28-14-15-30-59(54)67-60)48-24-16-19-44(39-48)63-64-61-55-29-13-12-27-53(55)57-40-49(35-37-56(57)62(61)68-63)65(45-20-6-2-7-21-45)46-22-8-3-9-23-46/h1-41H. The van der Waals surface area contributed by atoms with Crippen molar-refractivity contribution in [1.29, 1.82) is 0 Å². The fraction of sp³-hybridized carbons (Fsp3) is 0. The van der Waals surface area contributed by atoms with E-state index in [1.165, 1.54) is 37.5 Å². The third-order valence-electron chi connectivity index (χ3n) is 13.1. The lowest BCUT2D eigenvalue weighted by Gasteiger charge is -2.26. The molecule has 4 nitrogen and oxygen atoms in total. The Bertz CT molecular complexity index is 3940. The number of hydrogen-bond donors (Lipinski definition) is 0. The van der Waals surface area contributed by atoms with Gasteiger partial charge in [-0.05, 0) is 118 Å². The number of nitrogens with zero attached hydrogens (tertiary/aromatic N) is 3. The summed E-state index contributed by atoms with van der Waals surface area (Å²) >= 11 is 1.76. The molecule has 0 radical (unpaired) electrons. The molecule has 0 saturated heterocycles. The summed E-state index contributed by atoms with van der Waals surface area (Å²) in [6.45, 7) is 0.